The van der Waals surface area contributed by atoms with E-state index in [9.17, 15) is 4.79 Å². The molecule has 0 bridgehead atoms. The summed E-state index contributed by atoms with van der Waals surface area (Å²) in [6, 6.07) is 0. The van der Waals surface area contributed by atoms with E-state index < -0.39 is 0 Å². The Morgan fingerprint density at radius 1 is 1.45 bits per heavy atom. The second kappa shape index (κ2) is 5.05. The zero-order valence-electron chi connectivity index (χ0n) is 11.9. The van der Waals surface area contributed by atoms with Crippen molar-refractivity contribution in [1.82, 2.24) is 10.5 Å². The number of hydrogen-bond donors (Lipinski definition) is 2. The van der Waals surface area contributed by atoms with Gasteiger partial charge in [-0.25, -0.2) is 5.48 Å². The Balaban J connectivity index is 1.76. The molecule has 108 valence electrons. The van der Waals surface area contributed by atoms with E-state index >= 15 is 0 Å². The topological polar surface area (TPSA) is 64.9 Å². The number of hydroxylamine groups is 1. The van der Waals surface area contributed by atoms with Crippen LogP contribution in [0.1, 0.15) is 13.3 Å². The van der Waals surface area contributed by atoms with Crippen molar-refractivity contribution < 1.29 is 10.0 Å². The fourth-order valence-electron chi connectivity index (χ4n) is 3.85. The molecule has 3 rings (SSSR count). The van der Waals surface area contributed by atoms with Gasteiger partial charge in [0.15, 0.2) is 0 Å². The van der Waals surface area contributed by atoms with Gasteiger partial charge >= 0.3 is 0 Å². The highest BCUT2D eigenvalue weighted by Crippen LogP contribution is 2.57. The summed E-state index contributed by atoms with van der Waals surface area (Å²) in [7, 11) is 1.95. The van der Waals surface area contributed by atoms with Gasteiger partial charge in [0, 0.05) is 31.6 Å². The van der Waals surface area contributed by atoms with Crippen LogP contribution >= 0.6 is 0 Å². The molecular weight excluding hydrogens is 254 g/mol. The number of allylic oxidation sites excluding steroid dienone is 4. The summed E-state index contributed by atoms with van der Waals surface area (Å²) in [5.41, 5.74) is 3.09. The highest BCUT2D eigenvalue weighted by molar-refractivity contribution is 5.82. The molecule has 1 amide bonds. The number of hydrogen-bond acceptors (Lipinski definition) is 4. The Labute approximate surface area is 119 Å². The van der Waals surface area contributed by atoms with Gasteiger partial charge in [0.2, 0.25) is 5.91 Å². The van der Waals surface area contributed by atoms with Crippen molar-refractivity contribution in [3.05, 3.63) is 23.8 Å². The molecule has 1 fully saturated rings. The Hall–Kier alpha value is -1.62. The first-order valence-electron chi connectivity index (χ1n) is 7.16. The summed E-state index contributed by atoms with van der Waals surface area (Å²) in [5.74, 6) is 0.965. The number of carbonyl (C=O) groups is 1. The smallest absolute Gasteiger partial charge is 0.247 e. The van der Waals surface area contributed by atoms with E-state index in [-0.39, 0.29) is 17.7 Å². The van der Waals surface area contributed by atoms with Crippen LogP contribution < -0.4 is 5.48 Å². The quantitative estimate of drug-likeness (QED) is 0.605. The van der Waals surface area contributed by atoms with Crippen molar-refractivity contribution in [3.8, 4) is 0 Å². The number of rotatable bonds is 3. The van der Waals surface area contributed by atoms with Gasteiger partial charge in [-0.05, 0) is 31.1 Å². The van der Waals surface area contributed by atoms with Crippen molar-refractivity contribution in [2.24, 2.45) is 34.7 Å². The fraction of sp³-hybridized carbons (Fsp3) is 0.600. The van der Waals surface area contributed by atoms with E-state index in [1.165, 1.54) is 5.57 Å². The maximum atomic E-state index is 11.9. The number of amides is 1. The maximum absolute atomic E-state index is 11.9. The number of carbonyl (C=O) groups excluding carboxylic acids is 1. The lowest BCUT2D eigenvalue weighted by Crippen LogP contribution is -2.24. The zero-order valence-corrected chi connectivity index (χ0v) is 11.9. The number of nitrogens with zero attached hydrogens (tertiary/aromatic N) is 2. The minimum absolute atomic E-state index is 0.0940. The lowest BCUT2D eigenvalue weighted by molar-refractivity contribution is -0.131. The molecule has 2 N–H and O–H groups in total. The van der Waals surface area contributed by atoms with Crippen LogP contribution in [0.25, 0.3) is 0 Å². The van der Waals surface area contributed by atoms with E-state index in [1.807, 2.05) is 23.8 Å². The van der Waals surface area contributed by atoms with Gasteiger partial charge in [-0.1, -0.05) is 23.8 Å². The molecule has 0 spiro atoms. The van der Waals surface area contributed by atoms with Crippen LogP contribution in [0.2, 0.25) is 0 Å². The van der Waals surface area contributed by atoms with Crippen molar-refractivity contribution in [2.45, 2.75) is 13.3 Å². The minimum atomic E-state index is -0.247. The van der Waals surface area contributed by atoms with Crippen LogP contribution in [-0.4, -0.2) is 35.9 Å². The average Bonchev–Trinajstić information content (AvgIpc) is 3.05. The third-order valence-electron chi connectivity index (χ3n) is 4.73. The monoisotopic (exact) mass is 275 g/mol. The normalized spacial score (nSPS) is 38.9. The first-order valence-corrected chi connectivity index (χ1v) is 7.16. The molecule has 1 saturated carbocycles. The van der Waals surface area contributed by atoms with Gasteiger partial charge in [0.25, 0.3) is 0 Å². The van der Waals surface area contributed by atoms with Gasteiger partial charge in [-0.2, -0.15) is 5.10 Å². The summed E-state index contributed by atoms with van der Waals surface area (Å²) in [6.07, 6.45) is 9.50. The Kier molecular flexibility index (Phi) is 3.38. The van der Waals surface area contributed by atoms with Crippen LogP contribution in [0, 0.1) is 29.6 Å². The number of nitrogens with one attached hydrogen (secondary N) is 1. The summed E-state index contributed by atoms with van der Waals surface area (Å²) in [5, 5.41) is 15.1. The molecule has 5 nitrogen and oxygen atoms in total. The van der Waals surface area contributed by atoms with Crippen LogP contribution in [0.5, 0.6) is 0 Å². The Morgan fingerprint density at radius 2 is 2.20 bits per heavy atom. The largest absolute Gasteiger partial charge is 0.300 e. The van der Waals surface area contributed by atoms with E-state index in [4.69, 9.17) is 5.21 Å². The van der Waals surface area contributed by atoms with Crippen molar-refractivity contribution in [3.63, 3.8) is 0 Å². The molecule has 20 heavy (non-hydrogen) atoms. The van der Waals surface area contributed by atoms with E-state index in [2.05, 4.69) is 30.3 Å². The Morgan fingerprint density at radius 3 is 2.80 bits per heavy atom. The van der Waals surface area contributed by atoms with Gasteiger partial charge in [0.05, 0.1) is 0 Å². The minimum Gasteiger partial charge on any atom is -0.300 e. The molecule has 5 heteroatoms. The molecule has 5 atom stereocenters. The highest BCUT2D eigenvalue weighted by atomic mass is 16.5. The second-order valence-corrected chi connectivity index (χ2v) is 6.14. The lowest BCUT2D eigenvalue weighted by atomic mass is 9.89. The summed E-state index contributed by atoms with van der Waals surface area (Å²) >= 11 is 0. The lowest BCUT2D eigenvalue weighted by Gasteiger charge is -2.16. The Bertz CT molecular complexity index is 497. The third kappa shape index (κ3) is 2.26. The van der Waals surface area contributed by atoms with E-state index in [0.717, 1.165) is 13.0 Å². The fourth-order valence-corrected chi connectivity index (χ4v) is 3.85. The van der Waals surface area contributed by atoms with Gasteiger partial charge < -0.3 is 0 Å². The second-order valence-electron chi connectivity index (χ2n) is 6.14. The molecule has 3 aliphatic rings. The molecule has 2 aliphatic carbocycles. The highest BCUT2D eigenvalue weighted by Gasteiger charge is 2.60. The van der Waals surface area contributed by atoms with Gasteiger partial charge in [-0.15, -0.1) is 0 Å². The average molecular weight is 275 g/mol. The van der Waals surface area contributed by atoms with Crippen LogP contribution in [0.3, 0.4) is 0 Å². The predicted octanol–water partition coefficient (Wildman–Crippen LogP) is 1.42. The standard InChI is InChI=1S/C15H21N3O2/c1-9-4-3-5-10(6-9)12-13(14(12)15(19)17-20)11-7-16-18(2)8-11/h3-4,6-7,10-14,20H,5,8H2,1-2H3,(H,17,19)/t10?,11?,12-,13-,14-/m1/s1. The molecule has 0 radical (unpaired) electrons. The first kappa shape index (κ1) is 13.4. The number of hydrazone groups is 1. The molecule has 0 aromatic carbocycles. The van der Waals surface area contributed by atoms with Crippen molar-refractivity contribution in [1.29, 1.82) is 0 Å². The van der Waals surface area contributed by atoms with Gasteiger partial charge in [-0.3, -0.25) is 15.0 Å². The molecule has 1 aliphatic heterocycles. The van der Waals surface area contributed by atoms with Gasteiger partial charge in [0.1, 0.15) is 0 Å². The summed E-state index contributed by atoms with van der Waals surface area (Å²) < 4.78 is 0. The van der Waals surface area contributed by atoms with Crippen molar-refractivity contribution >= 4 is 12.1 Å². The van der Waals surface area contributed by atoms with E-state index in [1.54, 1.807) is 0 Å². The maximum Gasteiger partial charge on any atom is 0.247 e. The van der Waals surface area contributed by atoms with Crippen LogP contribution in [0.15, 0.2) is 28.9 Å². The summed E-state index contributed by atoms with van der Waals surface area (Å²) in [4.78, 5) is 11.9. The third-order valence-corrected chi connectivity index (χ3v) is 4.73. The molecule has 0 aromatic rings. The molecular formula is C15H21N3O2. The van der Waals surface area contributed by atoms with Crippen LogP contribution in [0.4, 0.5) is 0 Å². The molecule has 1 heterocycles. The molecule has 2 unspecified atom stereocenters. The predicted molar refractivity (Wildman–Crippen MR) is 76.0 cm³/mol. The first-order chi connectivity index (χ1) is 9.61. The zero-order chi connectivity index (χ0) is 14.3. The van der Waals surface area contributed by atoms with E-state index in [0.29, 0.717) is 17.8 Å². The molecule has 0 aromatic heterocycles. The molecule has 0 saturated heterocycles. The summed E-state index contributed by atoms with van der Waals surface area (Å²) in [6.45, 7) is 2.95. The van der Waals surface area contributed by atoms with Crippen molar-refractivity contribution in [2.75, 3.05) is 13.6 Å². The van der Waals surface area contributed by atoms with Crippen LogP contribution in [-0.2, 0) is 4.79 Å². The SMILES string of the molecule is CC1=CC([C@H]2[C@@H](C(=O)NO)[C@@H]2C2C=NN(C)C2)CC=C1.